The van der Waals surface area contributed by atoms with E-state index in [1.54, 1.807) is 0 Å². The molecule has 4 nitrogen and oxygen atoms in total. The zero-order valence-electron chi connectivity index (χ0n) is 14.4. The Morgan fingerprint density at radius 2 is 2.00 bits per heavy atom. The van der Waals surface area contributed by atoms with Crippen LogP contribution in [0.3, 0.4) is 0 Å². The highest BCUT2D eigenvalue weighted by Gasteiger charge is 2.29. The minimum atomic E-state index is 0.160. The summed E-state index contributed by atoms with van der Waals surface area (Å²) in [6, 6.07) is 0.413. The summed E-state index contributed by atoms with van der Waals surface area (Å²) in [7, 11) is 0. The van der Waals surface area contributed by atoms with Crippen LogP contribution in [0.15, 0.2) is 4.99 Å². The molecule has 1 rings (SSSR count). The fraction of sp³-hybridized carbons (Fsp3) is 0.882. The van der Waals surface area contributed by atoms with Gasteiger partial charge in [0, 0.05) is 6.42 Å². The molecular formula is C17H33N3O. The lowest BCUT2D eigenvalue weighted by atomic mass is 10.0. The standard InChI is InChI=1S/C17H33N3O/c1-6-13(4)14(5)19-17(18)16-8-7-9-20(16)11-15(21)10-12(2)3/h12-14,16H,6-11H2,1-5H3,(H2,18,19). The Hall–Kier alpha value is -0.900. The third-order valence-corrected chi connectivity index (χ3v) is 4.54. The first-order chi connectivity index (χ1) is 9.85. The lowest BCUT2D eigenvalue weighted by Crippen LogP contribution is -2.43. The highest BCUT2D eigenvalue weighted by atomic mass is 16.1. The molecule has 1 saturated heterocycles. The lowest BCUT2D eigenvalue weighted by Gasteiger charge is -2.25. The quantitative estimate of drug-likeness (QED) is 0.553. The third kappa shape index (κ3) is 5.77. The van der Waals surface area contributed by atoms with Gasteiger partial charge in [-0.2, -0.15) is 0 Å². The summed E-state index contributed by atoms with van der Waals surface area (Å²) in [5, 5.41) is 0. The zero-order chi connectivity index (χ0) is 16.0. The first-order valence-electron chi connectivity index (χ1n) is 8.44. The van der Waals surface area contributed by atoms with Gasteiger partial charge in [0.1, 0.15) is 11.6 Å². The van der Waals surface area contributed by atoms with Gasteiger partial charge in [0.25, 0.3) is 0 Å². The summed E-state index contributed by atoms with van der Waals surface area (Å²) >= 11 is 0. The number of Topliss-reactive ketones (excluding diaryl/α,β-unsaturated/α-hetero) is 1. The van der Waals surface area contributed by atoms with E-state index in [1.807, 2.05) is 0 Å². The Balaban J connectivity index is 2.63. The van der Waals surface area contributed by atoms with E-state index in [2.05, 4.69) is 44.5 Å². The second-order valence-corrected chi connectivity index (χ2v) is 6.95. The molecule has 21 heavy (non-hydrogen) atoms. The summed E-state index contributed by atoms with van der Waals surface area (Å²) in [6.07, 6.45) is 3.90. The van der Waals surface area contributed by atoms with Crippen LogP contribution < -0.4 is 5.73 Å². The van der Waals surface area contributed by atoms with Gasteiger partial charge in [-0.05, 0) is 38.1 Å². The average molecular weight is 295 g/mol. The van der Waals surface area contributed by atoms with Crippen molar-refractivity contribution in [1.29, 1.82) is 0 Å². The molecule has 1 heterocycles. The molecule has 122 valence electrons. The summed E-state index contributed by atoms with van der Waals surface area (Å²) in [5.41, 5.74) is 6.24. The Kier molecular flexibility index (Phi) is 7.36. The number of likely N-dealkylation sites (tertiary alicyclic amines) is 1. The second kappa shape index (κ2) is 8.52. The summed E-state index contributed by atoms with van der Waals surface area (Å²) in [6.45, 7) is 12.2. The van der Waals surface area contributed by atoms with Crippen molar-refractivity contribution < 1.29 is 4.79 Å². The highest BCUT2D eigenvalue weighted by Crippen LogP contribution is 2.19. The minimum Gasteiger partial charge on any atom is -0.386 e. The fourth-order valence-electron chi connectivity index (χ4n) is 2.89. The number of carbonyl (C=O) groups is 1. The van der Waals surface area contributed by atoms with Gasteiger partial charge in [0.15, 0.2) is 0 Å². The number of nitrogens with zero attached hydrogens (tertiary/aromatic N) is 2. The van der Waals surface area contributed by atoms with Gasteiger partial charge in [-0.1, -0.05) is 34.1 Å². The molecule has 0 saturated carbocycles. The Bertz CT molecular complexity index is 365. The predicted octanol–water partition coefficient (Wildman–Crippen LogP) is 2.86. The van der Waals surface area contributed by atoms with Crippen molar-refractivity contribution in [3.8, 4) is 0 Å². The van der Waals surface area contributed by atoms with Gasteiger partial charge in [-0.25, -0.2) is 0 Å². The lowest BCUT2D eigenvalue weighted by molar-refractivity contribution is -0.120. The minimum absolute atomic E-state index is 0.160. The molecule has 1 fully saturated rings. The van der Waals surface area contributed by atoms with Crippen molar-refractivity contribution in [3.63, 3.8) is 0 Å². The predicted molar refractivity (Wildman–Crippen MR) is 89.6 cm³/mol. The van der Waals surface area contributed by atoms with Crippen molar-refractivity contribution in [2.24, 2.45) is 22.6 Å². The molecule has 0 aromatic carbocycles. The van der Waals surface area contributed by atoms with Gasteiger partial charge < -0.3 is 5.73 Å². The average Bonchev–Trinajstić information content (AvgIpc) is 2.84. The molecular weight excluding hydrogens is 262 g/mol. The number of rotatable bonds is 8. The van der Waals surface area contributed by atoms with E-state index in [1.165, 1.54) is 0 Å². The van der Waals surface area contributed by atoms with E-state index in [9.17, 15) is 4.79 Å². The molecule has 2 N–H and O–H groups in total. The maximum atomic E-state index is 12.0. The van der Waals surface area contributed by atoms with Gasteiger partial charge in [-0.3, -0.25) is 14.7 Å². The van der Waals surface area contributed by atoms with E-state index < -0.39 is 0 Å². The van der Waals surface area contributed by atoms with Gasteiger partial charge in [0.05, 0.1) is 18.6 Å². The Labute approximate surface area is 130 Å². The third-order valence-electron chi connectivity index (χ3n) is 4.54. The topological polar surface area (TPSA) is 58.7 Å². The largest absolute Gasteiger partial charge is 0.386 e. The first kappa shape index (κ1) is 18.1. The van der Waals surface area contributed by atoms with Crippen molar-refractivity contribution in [2.75, 3.05) is 13.1 Å². The number of amidine groups is 1. The maximum Gasteiger partial charge on any atom is 0.147 e. The molecule has 3 unspecified atom stereocenters. The monoisotopic (exact) mass is 295 g/mol. The van der Waals surface area contributed by atoms with Crippen LogP contribution in [0.5, 0.6) is 0 Å². The Morgan fingerprint density at radius 3 is 2.57 bits per heavy atom. The summed E-state index contributed by atoms with van der Waals surface area (Å²) < 4.78 is 0. The molecule has 1 aliphatic rings. The molecule has 1 aliphatic heterocycles. The summed E-state index contributed by atoms with van der Waals surface area (Å²) in [4.78, 5) is 18.9. The van der Waals surface area contributed by atoms with Crippen LogP contribution in [0.4, 0.5) is 0 Å². The van der Waals surface area contributed by atoms with E-state index >= 15 is 0 Å². The van der Waals surface area contributed by atoms with E-state index in [0.29, 0.717) is 30.6 Å². The van der Waals surface area contributed by atoms with Crippen molar-refractivity contribution in [1.82, 2.24) is 4.90 Å². The number of hydrogen-bond donors (Lipinski definition) is 1. The van der Waals surface area contributed by atoms with Crippen LogP contribution in [0, 0.1) is 11.8 Å². The number of ketones is 1. The maximum absolute atomic E-state index is 12.0. The molecule has 3 atom stereocenters. The van der Waals surface area contributed by atoms with Gasteiger partial charge in [-0.15, -0.1) is 0 Å². The molecule has 0 aromatic heterocycles. The molecule has 0 spiro atoms. The normalized spacial score (nSPS) is 23.5. The number of hydrogen-bond acceptors (Lipinski definition) is 3. The van der Waals surface area contributed by atoms with Crippen molar-refractivity contribution in [3.05, 3.63) is 0 Å². The molecule has 0 aliphatic carbocycles. The fourth-order valence-corrected chi connectivity index (χ4v) is 2.89. The van der Waals surface area contributed by atoms with E-state index in [0.717, 1.165) is 31.6 Å². The van der Waals surface area contributed by atoms with Crippen molar-refractivity contribution in [2.45, 2.75) is 72.4 Å². The van der Waals surface area contributed by atoms with E-state index in [-0.39, 0.29) is 12.1 Å². The van der Waals surface area contributed by atoms with Crippen LogP contribution in [0.1, 0.15) is 60.3 Å². The van der Waals surface area contributed by atoms with Crippen molar-refractivity contribution >= 4 is 11.6 Å². The Morgan fingerprint density at radius 1 is 1.33 bits per heavy atom. The SMILES string of the molecule is CCC(C)C(C)N=C(N)C1CCCN1CC(=O)CC(C)C. The smallest absolute Gasteiger partial charge is 0.147 e. The molecule has 0 amide bonds. The van der Waals surface area contributed by atoms with E-state index in [4.69, 9.17) is 5.73 Å². The second-order valence-electron chi connectivity index (χ2n) is 6.95. The molecule has 0 aromatic rings. The zero-order valence-corrected chi connectivity index (χ0v) is 14.4. The number of carbonyl (C=O) groups excluding carboxylic acids is 1. The van der Waals surface area contributed by atoms with Crippen LogP contribution in [0.2, 0.25) is 0 Å². The number of aliphatic imine (C=N–C) groups is 1. The van der Waals surface area contributed by atoms with Crippen LogP contribution in [0.25, 0.3) is 0 Å². The van der Waals surface area contributed by atoms with Crippen LogP contribution in [-0.2, 0) is 4.79 Å². The highest BCUT2D eigenvalue weighted by molar-refractivity contribution is 5.87. The van der Waals surface area contributed by atoms with Gasteiger partial charge in [0.2, 0.25) is 0 Å². The molecule has 4 heteroatoms. The first-order valence-corrected chi connectivity index (χ1v) is 8.44. The van der Waals surface area contributed by atoms with Crippen LogP contribution >= 0.6 is 0 Å². The van der Waals surface area contributed by atoms with Crippen LogP contribution in [-0.4, -0.2) is 41.7 Å². The summed E-state index contributed by atoms with van der Waals surface area (Å²) in [5.74, 6) is 2.01. The molecule has 0 bridgehead atoms. The molecule has 0 radical (unpaired) electrons. The number of nitrogens with two attached hydrogens (primary N) is 1. The van der Waals surface area contributed by atoms with Gasteiger partial charge >= 0.3 is 0 Å².